The summed E-state index contributed by atoms with van der Waals surface area (Å²) in [6, 6.07) is 7.87. The zero-order valence-corrected chi connectivity index (χ0v) is 15.2. The van der Waals surface area contributed by atoms with Crippen molar-refractivity contribution in [3.05, 3.63) is 35.4 Å². The first-order valence-electron chi connectivity index (χ1n) is 10.1. The van der Waals surface area contributed by atoms with Crippen LogP contribution in [0, 0.1) is 23.2 Å². The molecule has 4 aliphatic rings. The number of carboxylic acid groups (broad SMARTS) is 1. The molecule has 0 spiro atoms. The van der Waals surface area contributed by atoms with Gasteiger partial charge in [-0.25, -0.2) is 4.79 Å². The summed E-state index contributed by atoms with van der Waals surface area (Å²) in [5.74, 6) is 1.28. The van der Waals surface area contributed by atoms with Crippen molar-refractivity contribution in [2.24, 2.45) is 23.2 Å². The van der Waals surface area contributed by atoms with Crippen molar-refractivity contribution in [3.63, 3.8) is 0 Å². The summed E-state index contributed by atoms with van der Waals surface area (Å²) in [6.45, 7) is 0. The molecule has 4 unspecified atom stereocenters. The summed E-state index contributed by atoms with van der Waals surface area (Å²) in [4.78, 5) is 25.7. The van der Waals surface area contributed by atoms with Gasteiger partial charge in [-0.05, 0) is 61.0 Å². The van der Waals surface area contributed by atoms with Gasteiger partial charge in [-0.1, -0.05) is 37.1 Å². The van der Waals surface area contributed by atoms with Gasteiger partial charge in [-0.15, -0.1) is 0 Å². The number of hydrogen-bond donors (Lipinski definition) is 2. The van der Waals surface area contributed by atoms with Crippen molar-refractivity contribution in [3.8, 4) is 0 Å². The fraction of sp³-hybridized carbons (Fsp3) is 0.636. The first kappa shape index (κ1) is 16.3. The Balaban J connectivity index is 1.43. The van der Waals surface area contributed by atoms with Crippen molar-refractivity contribution in [2.45, 2.75) is 63.3 Å². The molecule has 3 fully saturated rings. The number of nitrogens with one attached hydrogen (secondary N) is 1. The molecule has 0 aliphatic heterocycles. The first-order chi connectivity index (χ1) is 12.5. The smallest absolute Gasteiger partial charge is 0.330 e. The minimum absolute atomic E-state index is 0.0185. The van der Waals surface area contributed by atoms with Crippen LogP contribution in [0.4, 0.5) is 0 Å². The number of aliphatic carboxylic acids is 1. The second kappa shape index (κ2) is 5.58. The standard InChI is InChI=1S/C22H27NO3/c24-19(21-7-3-6-15-8-14(10-21)9-18(15)11-21)23-22(20(25)26)12-16-4-1-2-5-17(16)13-22/h1-2,4-5,14-15,18H,3,6-13H2,(H,23,24)(H,25,26). The molecular weight excluding hydrogens is 326 g/mol. The maximum Gasteiger partial charge on any atom is 0.330 e. The van der Waals surface area contributed by atoms with E-state index in [4.69, 9.17) is 0 Å². The van der Waals surface area contributed by atoms with Crippen molar-refractivity contribution < 1.29 is 14.7 Å². The Hall–Kier alpha value is -1.84. The van der Waals surface area contributed by atoms with Gasteiger partial charge >= 0.3 is 5.97 Å². The third kappa shape index (κ3) is 2.34. The number of rotatable bonds is 3. The van der Waals surface area contributed by atoms with Gasteiger partial charge in [0.05, 0.1) is 0 Å². The van der Waals surface area contributed by atoms with Gasteiger partial charge in [0, 0.05) is 18.3 Å². The van der Waals surface area contributed by atoms with E-state index in [0.29, 0.717) is 24.7 Å². The number of carbonyl (C=O) groups is 2. The highest BCUT2D eigenvalue weighted by Crippen LogP contribution is 2.59. The van der Waals surface area contributed by atoms with Gasteiger partial charge in [0.25, 0.3) is 0 Å². The Bertz CT molecular complexity index is 747. The van der Waals surface area contributed by atoms with Crippen LogP contribution in [0.15, 0.2) is 24.3 Å². The Labute approximate surface area is 154 Å². The lowest BCUT2D eigenvalue weighted by Crippen LogP contribution is -2.59. The zero-order valence-electron chi connectivity index (χ0n) is 15.2. The molecule has 3 saturated carbocycles. The molecule has 26 heavy (non-hydrogen) atoms. The number of hydrogen-bond acceptors (Lipinski definition) is 2. The molecule has 2 N–H and O–H groups in total. The molecule has 0 aromatic heterocycles. The lowest BCUT2D eigenvalue weighted by molar-refractivity contribution is -0.150. The first-order valence-corrected chi connectivity index (χ1v) is 10.1. The highest BCUT2D eigenvalue weighted by atomic mass is 16.4. The molecule has 3 bridgehead atoms. The largest absolute Gasteiger partial charge is 0.479 e. The second-order valence-corrected chi connectivity index (χ2v) is 9.40. The molecule has 1 aromatic carbocycles. The van der Waals surface area contributed by atoms with E-state index in [9.17, 15) is 14.7 Å². The fourth-order valence-corrected chi connectivity index (χ4v) is 6.71. The monoisotopic (exact) mass is 353 g/mol. The van der Waals surface area contributed by atoms with E-state index in [1.165, 1.54) is 19.3 Å². The van der Waals surface area contributed by atoms with Gasteiger partial charge in [-0.2, -0.15) is 0 Å². The maximum absolute atomic E-state index is 13.5. The van der Waals surface area contributed by atoms with Gasteiger partial charge < -0.3 is 10.4 Å². The van der Waals surface area contributed by atoms with Crippen LogP contribution in [0.3, 0.4) is 0 Å². The van der Waals surface area contributed by atoms with E-state index in [1.807, 2.05) is 24.3 Å². The number of carboxylic acids is 1. The Morgan fingerprint density at radius 1 is 1.04 bits per heavy atom. The molecule has 4 heteroatoms. The van der Waals surface area contributed by atoms with Crippen molar-refractivity contribution in [2.75, 3.05) is 0 Å². The normalized spacial score (nSPS) is 36.4. The molecule has 4 nitrogen and oxygen atoms in total. The number of carbonyl (C=O) groups excluding carboxylic acids is 1. The molecule has 4 atom stereocenters. The minimum Gasteiger partial charge on any atom is -0.479 e. The number of amides is 1. The van der Waals surface area contributed by atoms with Crippen LogP contribution < -0.4 is 5.32 Å². The van der Waals surface area contributed by atoms with Crippen molar-refractivity contribution in [1.29, 1.82) is 0 Å². The molecule has 0 saturated heterocycles. The average Bonchev–Trinajstić information content (AvgIpc) is 3.08. The van der Waals surface area contributed by atoms with Gasteiger partial charge in [0.15, 0.2) is 0 Å². The van der Waals surface area contributed by atoms with Crippen LogP contribution >= 0.6 is 0 Å². The summed E-state index contributed by atoms with van der Waals surface area (Å²) >= 11 is 0. The third-order valence-corrected chi connectivity index (χ3v) is 7.85. The maximum atomic E-state index is 13.5. The summed E-state index contributed by atoms with van der Waals surface area (Å²) in [5.41, 5.74) is 0.614. The molecule has 1 aromatic rings. The Morgan fingerprint density at radius 3 is 2.42 bits per heavy atom. The summed E-state index contributed by atoms with van der Waals surface area (Å²) in [7, 11) is 0. The Morgan fingerprint density at radius 2 is 1.73 bits per heavy atom. The fourth-order valence-electron chi connectivity index (χ4n) is 6.71. The lowest BCUT2D eigenvalue weighted by Gasteiger charge is -2.41. The van der Waals surface area contributed by atoms with E-state index in [2.05, 4.69) is 5.32 Å². The zero-order chi connectivity index (χ0) is 17.9. The van der Waals surface area contributed by atoms with Crippen LogP contribution in [-0.2, 0) is 22.4 Å². The average molecular weight is 353 g/mol. The topological polar surface area (TPSA) is 66.4 Å². The predicted octanol–water partition coefficient (Wildman–Crippen LogP) is 3.33. The summed E-state index contributed by atoms with van der Waals surface area (Å²) in [5, 5.41) is 13.1. The second-order valence-electron chi connectivity index (χ2n) is 9.40. The van der Waals surface area contributed by atoms with Crippen LogP contribution in [-0.4, -0.2) is 22.5 Å². The Kier molecular flexibility index (Phi) is 3.51. The van der Waals surface area contributed by atoms with Gasteiger partial charge in [0.1, 0.15) is 5.54 Å². The van der Waals surface area contributed by atoms with Crippen molar-refractivity contribution in [1.82, 2.24) is 5.32 Å². The van der Waals surface area contributed by atoms with Crippen LogP contribution in [0.5, 0.6) is 0 Å². The highest BCUT2D eigenvalue weighted by molar-refractivity contribution is 5.91. The summed E-state index contributed by atoms with van der Waals surface area (Å²) in [6.07, 6.45) is 8.62. The van der Waals surface area contributed by atoms with Crippen LogP contribution in [0.2, 0.25) is 0 Å². The van der Waals surface area contributed by atoms with Gasteiger partial charge in [0.2, 0.25) is 5.91 Å². The summed E-state index contributed by atoms with van der Waals surface area (Å²) < 4.78 is 0. The molecule has 4 aliphatic carbocycles. The SMILES string of the molecule is O=C(NC1(C(=O)O)Cc2ccccc2C1)C12CCCC3CC(CC3C1)C2. The highest BCUT2D eigenvalue weighted by Gasteiger charge is 2.55. The predicted molar refractivity (Wildman–Crippen MR) is 97.6 cm³/mol. The quantitative estimate of drug-likeness (QED) is 0.876. The van der Waals surface area contributed by atoms with E-state index in [1.54, 1.807) is 0 Å². The van der Waals surface area contributed by atoms with E-state index < -0.39 is 11.5 Å². The third-order valence-electron chi connectivity index (χ3n) is 7.85. The van der Waals surface area contributed by atoms with Crippen LogP contribution in [0.25, 0.3) is 0 Å². The van der Waals surface area contributed by atoms with Crippen molar-refractivity contribution >= 4 is 11.9 Å². The minimum atomic E-state index is -1.17. The van der Waals surface area contributed by atoms with Crippen LogP contribution in [0.1, 0.15) is 56.1 Å². The molecule has 0 heterocycles. The number of benzene rings is 1. The molecule has 1 amide bonds. The lowest BCUT2D eigenvalue weighted by atomic mass is 9.66. The number of fused-ring (bicyclic) bond motifs is 3. The van der Waals surface area contributed by atoms with E-state index in [-0.39, 0.29) is 11.3 Å². The molecule has 138 valence electrons. The molecule has 5 rings (SSSR count). The molecular formula is C22H27NO3. The molecule has 0 radical (unpaired) electrons. The van der Waals surface area contributed by atoms with E-state index in [0.717, 1.165) is 42.7 Å². The van der Waals surface area contributed by atoms with E-state index >= 15 is 0 Å². The van der Waals surface area contributed by atoms with Gasteiger partial charge in [-0.3, -0.25) is 4.79 Å².